The zero-order valence-corrected chi connectivity index (χ0v) is 18.9. The molecule has 0 bridgehead atoms. The van der Waals surface area contributed by atoms with Crippen molar-refractivity contribution < 1.29 is 13.5 Å². The molecule has 0 aromatic carbocycles. The average Bonchev–Trinajstić information content (AvgIpc) is 2.59. The van der Waals surface area contributed by atoms with Gasteiger partial charge in [-0.1, -0.05) is 25.6 Å². The molecule has 160 valence electrons. The van der Waals surface area contributed by atoms with Crippen LogP contribution in [-0.2, 0) is 10.0 Å². The fourth-order valence-electron chi connectivity index (χ4n) is 2.58. The van der Waals surface area contributed by atoms with Gasteiger partial charge in [0, 0.05) is 18.5 Å². The van der Waals surface area contributed by atoms with Gasteiger partial charge in [0.15, 0.2) is 0 Å². The van der Waals surface area contributed by atoms with Crippen LogP contribution in [0.3, 0.4) is 0 Å². The third kappa shape index (κ3) is 8.11. The van der Waals surface area contributed by atoms with E-state index in [2.05, 4.69) is 43.8 Å². The number of hydrogen-bond acceptors (Lipinski definition) is 9. The highest BCUT2D eigenvalue weighted by molar-refractivity contribution is 7.99. The summed E-state index contributed by atoms with van der Waals surface area (Å²) in [5.41, 5.74) is 1.62. The number of thioether (sulfide) groups is 1. The quantitative estimate of drug-likeness (QED) is 0.377. The number of aryl methyl sites for hydroxylation is 1. The first kappa shape index (κ1) is 23.3. The lowest BCUT2D eigenvalue weighted by Crippen LogP contribution is -2.26. The molecule has 0 radical (unpaired) electrons. The first-order chi connectivity index (χ1) is 13.6. The molecule has 0 aliphatic heterocycles. The van der Waals surface area contributed by atoms with Crippen LogP contribution >= 0.6 is 11.8 Å². The second-order valence-electron chi connectivity index (χ2n) is 7.29. The zero-order valence-electron chi connectivity index (χ0n) is 17.2. The molecule has 1 unspecified atom stereocenters. The van der Waals surface area contributed by atoms with Crippen LogP contribution in [0, 0.1) is 12.8 Å². The van der Waals surface area contributed by atoms with Crippen LogP contribution in [0.25, 0.3) is 0 Å². The second-order valence-corrected chi connectivity index (χ2v) is 10.4. The number of sulfonamides is 1. The van der Waals surface area contributed by atoms with Crippen molar-refractivity contribution in [3.05, 3.63) is 29.8 Å². The van der Waals surface area contributed by atoms with Gasteiger partial charge >= 0.3 is 0 Å². The van der Waals surface area contributed by atoms with E-state index in [1.807, 2.05) is 13.8 Å². The van der Waals surface area contributed by atoms with Gasteiger partial charge in [-0.15, -0.1) is 0 Å². The maximum absolute atomic E-state index is 11.6. The summed E-state index contributed by atoms with van der Waals surface area (Å²) in [6.45, 7) is 7.90. The molecule has 0 saturated carbocycles. The van der Waals surface area contributed by atoms with Crippen LogP contribution < -0.4 is 10.0 Å². The maximum Gasteiger partial charge on any atom is 0.239 e. The summed E-state index contributed by atoms with van der Waals surface area (Å²) in [5, 5.41) is 13.3. The highest BCUT2D eigenvalue weighted by atomic mass is 32.2. The van der Waals surface area contributed by atoms with E-state index in [0.29, 0.717) is 16.8 Å². The zero-order chi connectivity index (χ0) is 21.6. The standard InChI is InChI=1S/C18H28N6O3S2/c1-11(2)6-14(10-25)21-16-7-17(23-18(22-16)24-29(5,26)27)28-13(4)15-9-19-12(3)8-20-15/h7-9,11,13-14,25H,6,10H2,1-5H3,(H2,21,22,23,24)/t13?,14-/m1/s1. The van der Waals surface area contributed by atoms with Gasteiger partial charge in [-0.05, 0) is 26.2 Å². The minimum atomic E-state index is -3.53. The van der Waals surface area contributed by atoms with Crippen molar-refractivity contribution >= 4 is 33.6 Å². The lowest BCUT2D eigenvalue weighted by molar-refractivity contribution is 0.259. The number of aliphatic hydroxyl groups is 1. The fourth-order valence-corrected chi connectivity index (χ4v) is 3.93. The van der Waals surface area contributed by atoms with Crippen LogP contribution in [0.5, 0.6) is 0 Å². The van der Waals surface area contributed by atoms with Gasteiger partial charge in [0.25, 0.3) is 0 Å². The van der Waals surface area contributed by atoms with Crippen molar-refractivity contribution in [3.63, 3.8) is 0 Å². The first-order valence-corrected chi connectivity index (χ1v) is 12.0. The highest BCUT2D eigenvalue weighted by Gasteiger charge is 2.16. The summed E-state index contributed by atoms with van der Waals surface area (Å²) in [6, 6.07) is 1.54. The molecular formula is C18H28N6O3S2. The minimum absolute atomic E-state index is 0.0246. The molecule has 0 spiro atoms. The van der Waals surface area contributed by atoms with E-state index >= 15 is 0 Å². The summed E-state index contributed by atoms with van der Waals surface area (Å²) < 4.78 is 25.6. The molecule has 0 amide bonds. The van der Waals surface area contributed by atoms with Gasteiger partial charge in [0.2, 0.25) is 16.0 Å². The maximum atomic E-state index is 11.6. The normalized spacial score (nSPS) is 13.9. The van der Waals surface area contributed by atoms with Crippen LogP contribution in [0.1, 0.15) is 43.8 Å². The minimum Gasteiger partial charge on any atom is -0.394 e. The summed E-state index contributed by atoms with van der Waals surface area (Å²) in [7, 11) is -3.53. The third-order valence-electron chi connectivity index (χ3n) is 3.82. The first-order valence-electron chi connectivity index (χ1n) is 9.25. The SMILES string of the molecule is Cc1cnc(C(C)Sc2cc(N[C@@H](CO)CC(C)C)nc(NS(C)(=O)=O)n2)cn1. The number of nitrogens with zero attached hydrogens (tertiary/aromatic N) is 4. The molecular weight excluding hydrogens is 412 g/mol. The molecule has 0 saturated heterocycles. The number of hydrogen-bond donors (Lipinski definition) is 3. The van der Waals surface area contributed by atoms with Crippen LogP contribution in [-0.4, -0.2) is 52.4 Å². The molecule has 2 atom stereocenters. The van der Waals surface area contributed by atoms with Crippen molar-refractivity contribution in [2.24, 2.45) is 5.92 Å². The molecule has 3 N–H and O–H groups in total. The Labute approximate surface area is 176 Å². The lowest BCUT2D eigenvalue weighted by Gasteiger charge is -2.20. The molecule has 2 aromatic rings. The van der Waals surface area contributed by atoms with Crippen molar-refractivity contribution in [3.8, 4) is 0 Å². The monoisotopic (exact) mass is 440 g/mol. The van der Waals surface area contributed by atoms with Crippen molar-refractivity contribution in [2.75, 3.05) is 22.9 Å². The molecule has 2 rings (SSSR count). The summed E-state index contributed by atoms with van der Waals surface area (Å²) in [6.07, 6.45) is 5.21. The van der Waals surface area contributed by atoms with Crippen molar-refractivity contribution in [2.45, 2.75) is 50.4 Å². The highest BCUT2D eigenvalue weighted by Crippen LogP contribution is 2.34. The molecule has 0 fully saturated rings. The van der Waals surface area contributed by atoms with E-state index in [1.165, 1.54) is 11.8 Å². The van der Waals surface area contributed by atoms with E-state index in [9.17, 15) is 13.5 Å². The lowest BCUT2D eigenvalue weighted by atomic mass is 10.0. The largest absolute Gasteiger partial charge is 0.394 e. The molecule has 2 aromatic heterocycles. The number of rotatable bonds is 10. The molecule has 11 heteroatoms. The Balaban J connectivity index is 2.29. The van der Waals surface area contributed by atoms with Crippen LogP contribution in [0.2, 0.25) is 0 Å². The Kier molecular flexibility index (Phi) is 8.17. The predicted octanol–water partition coefficient (Wildman–Crippen LogP) is 2.62. The summed E-state index contributed by atoms with van der Waals surface area (Å²) >= 11 is 1.41. The number of nitrogens with one attached hydrogen (secondary N) is 2. The van der Waals surface area contributed by atoms with Gasteiger partial charge in [0.1, 0.15) is 10.8 Å². The Morgan fingerprint density at radius 3 is 2.45 bits per heavy atom. The topological polar surface area (TPSA) is 130 Å². The Morgan fingerprint density at radius 2 is 1.90 bits per heavy atom. The van der Waals surface area contributed by atoms with Gasteiger partial charge < -0.3 is 10.4 Å². The molecule has 0 aliphatic rings. The number of anilines is 2. The van der Waals surface area contributed by atoms with Crippen molar-refractivity contribution in [1.82, 2.24) is 19.9 Å². The molecule has 0 aliphatic carbocycles. The molecule has 29 heavy (non-hydrogen) atoms. The molecule has 9 nitrogen and oxygen atoms in total. The van der Waals surface area contributed by atoms with Gasteiger partial charge in [-0.2, -0.15) is 4.98 Å². The summed E-state index contributed by atoms with van der Waals surface area (Å²) in [5.74, 6) is 0.794. The van der Waals surface area contributed by atoms with E-state index in [0.717, 1.165) is 24.1 Å². The van der Waals surface area contributed by atoms with E-state index in [4.69, 9.17) is 0 Å². The van der Waals surface area contributed by atoms with Gasteiger partial charge in [-0.25, -0.2) is 13.4 Å². The van der Waals surface area contributed by atoms with E-state index in [-0.39, 0.29) is 23.8 Å². The van der Waals surface area contributed by atoms with Crippen LogP contribution in [0.15, 0.2) is 23.5 Å². The van der Waals surface area contributed by atoms with E-state index in [1.54, 1.807) is 18.5 Å². The smallest absolute Gasteiger partial charge is 0.239 e. The van der Waals surface area contributed by atoms with Crippen molar-refractivity contribution in [1.29, 1.82) is 0 Å². The van der Waals surface area contributed by atoms with E-state index < -0.39 is 10.0 Å². The fraction of sp³-hybridized carbons (Fsp3) is 0.556. The Bertz CT molecular complexity index is 906. The summed E-state index contributed by atoms with van der Waals surface area (Å²) in [4.78, 5) is 17.2. The Hall–Kier alpha value is -1.98. The number of aliphatic hydroxyl groups excluding tert-OH is 1. The van der Waals surface area contributed by atoms with Gasteiger partial charge in [0.05, 0.1) is 35.5 Å². The predicted molar refractivity (Wildman–Crippen MR) is 115 cm³/mol. The second kappa shape index (κ2) is 10.2. The Morgan fingerprint density at radius 1 is 1.17 bits per heavy atom. The average molecular weight is 441 g/mol. The van der Waals surface area contributed by atoms with Crippen LogP contribution in [0.4, 0.5) is 11.8 Å². The number of aromatic nitrogens is 4. The third-order valence-corrected chi connectivity index (χ3v) is 5.42. The van der Waals surface area contributed by atoms with Gasteiger partial charge in [-0.3, -0.25) is 14.7 Å². The molecule has 2 heterocycles.